The number of thiol groups is 1. The highest BCUT2D eigenvalue weighted by Gasteiger charge is 1.98. The molecule has 0 atom stereocenters. The summed E-state index contributed by atoms with van der Waals surface area (Å²) in [4.78, 5) is 0. The van der Waals surface area contributed by atoms with Crippen LogP contribution >= 0.6 is 12.6 Å². The summed E-state index contributed by atoms with van der Waals surface area (Å²) < 4.78 is 0. The summed E-state index contributed by atoms with van der Waals surface area (Å²) in [5.74, 6) is 1.76. The summed E-state index contributed by atoms with van der Waals surface area (Å²) in [7, 11) is 0. The van der Waals surface area contributed by atoms with E-state index >= 15 is 0 Å². The van der Waals surface area contributed by atoms with Gasteiger partial charge in [-0.1, -0.05) is 38.1 Å². The predicted molar refractivity (Wildman–Crippen MR) is 71.8 cm³/mol. The van der Waals surface area contributed by atoms with Crippen LogP contribution in [0.25, 0.3) is 0 Å². The number of aryl methyl sites for hydroxylation is 1. The van der Waals surface area contributed by atoms with Gasteiger partial charge in [0.05, 0.1) is 0 Å². The molecule has 0 saturated heterocycles. The molecule has 0 spiro atoms. The molecule has 0 aliphatic heterocycles. The van der Waals surface area contributed by atoms with E-state index in [4.69, 9.17) is 0 Å². The van der Waals surface area contributed by atoms with Gasteiger partial charge in [0.15, 0.2) is 0 Å². The van der Waals surface area contributed by atoms with E-state index in [2.05, 4.69) is 50.7 Å². The molecule has 0 radical (unpaired) electrons. The monoisotopic (exact) mass is 222 g/mol. The summed E-state index contributed by atoms with van der Waals surface area (Å²) in [5.41, 5.74) is 2.92. The highest BCUT2D eigenvalue weighted by molar-refractivity contribution is 7.80. The number of unbranched alkanes of at least 4 members (excludes halogenated alkanes) is 1. The summed E-state index contributed by atoms with van der Waals surface area (Å²) in [6, 6.07) is 9.10. The second-order valence-electron chi connectivity index (χ2n) is 4.60. The lowest BCUT2D eigenvalue weighted by molar-refractivity contribution is 0.647. The van der Waals surface area contributed by atoms with Crippen LogP contribution in [0.3, 0.4) is 0 Å². The Labute approximate surface area is 99.5 Å². The minimum Gasteiger partial charge on any atom is -0.179 e. The van der Waals surface area contributed by atoms with Crippen LogP contribution < -0.4 is 0 Å². The Morgan fingerprint density at radius 2 is 1.60 bits per heavy atom. The van der Waals surface area contributed by atoms with Gasteiger partial charge in [-0.3, -0.25) is 0 Å². The predicted octanol–water partition coefficient (Wildman–Crippen LogP) is 4.14. The fourth-order valence-corrected chi connectivity index (χ4v) is 1.98. The van der Waals surface area contributed by atoms with Crippen LogP contribution in [-0.4, -0.2) is 5.75 Å². The van der Waals surface area contributed by atoms with Crippen molar-refractivity contribution in [2.45, 2.75) is 39.5 Å². The number of rotatable bonds is 6. The molecule has 0 bridgehead atoms. The summed E-state index contributed by atoms with van der Waals surface area (Å²) in [5, 5.41) is 0. The second kappa shape index (κ2) is 6.95. The zero-order chi connectivity index (χ0) is 11.1. The molecule has 1 aromatic rings. The van der Waals surface area contributed by atoms with Crippen LogP contribution in [0.2, 0.25) is 0 Å². The molecule has 0 aromatic heterocycles. The van der Waals surface area contributed by atoms with Crippen LogP contribution in [-0.2, 0) is 12.8 Å². The fourth-order valence-electron chi connectivity index (χ4n) is 1.75. The van der Waals surface area contributed by atoms with Gasteiger partial charge in [-0.2, -0.15) is 12.6 Å². The minimum absolute atomic E-state index is 0.750. The minimum atomic E-state index is 0.750. The Kier molecular flexibility index (Phi) is 5.85. The molecule has 1 rings (SSSR count). The molecule has 0 fully saturated rings. The van der Waals surface area contributed by atoms with Crippen molar-refractivity contribution in [1.82, 2.24) is 0 Å². The van der Waals surface area contributed by atoms with Crippen LogP contribution in [0.4, 0.5) is 0 Å². The van der Waals surface area contributed by atoms with Crippen molar-refractivity contribution in [3.8, 4) is 0 Å². The van der Waals surface area contributed by atoms with E-state index in [0.717, 1.165) is 11.7 Å². The first kappa shape index (κ1) is 12.6. The maximum absolute atomic E-state index is 4.22. The normalized spacial score (nSPS) is 10.9. The maximum atomic E-state index is 4.22. The Hall–Kier alpha value is -0.430. The SMILES string of the molecule is CC(C)Cc1ccc(CCCCS)cc1. The molecule has 0 nitrogen and oxygen atoms in total. The van der Waals surface area contributed by atoms with Crippen LogP contribution in [0.5, 0.6) is 0 Å². The van der Waals surface area contributed by atoms with E-state index < -0.39 is 0 Å². The smallest absolute Gasteiger partial charge is 0.00978 e. The van der Waals surface area contributed by atoms with Crippen molar-refractivity contribution in [1.29, 1.82) is 0 Å². The van der Waals surface area contributed by atoms with Gasteiger partial charge in [0.25, 0.3) is 0 Å². The van der Waals surface area contributed by atoms with Gasteiger partial charge in [0.2, 0.25) is 0 Å². The lowest BCUT2D eigenvalue weighted by Gasteiger charge is -2.06. The first-order chi connectivity index (χ1) is 7.22. The van der Waals surface area contributed by atoms with Crippen molar-refractivity contribution < 1.29 is 0 Å². The molecule has 0 saturated carbocycles. The molecule has 0 aliphatic rings. The molecule has 1 heteroatoms. The highest BCUT2D eigenvalue weighted by atomic mass is 32.1. The van der Waals surface area contributed by atoms with Gasteiger partial charge < -0.3 is 0 Å². The molecular formula is C14H22S. The Morgan fingerprint density at radius 3 is 2.13 bits per heavy atom. The van der Waals surface area contributed by atoms with Crippen LogP contribution in [0.15, 0.2) is 24.3 Å². The zero-order valence-electron chi connectivity index (χ0n) is 9.87. The number of hydrogen-bond donors (Lipinski definition) is 1. The standard InChI is InChI=1S/C14H22S/c1-12(2)11-14-8-6-13(7-9-14)5-3-4-10-15/h6-9,12,15H,3-5,10-11H2,1-2H3. The average molecular weight is 222 g/mol. The third-order valence-electron chi connectivity index (χ3n) is 2.54. The van der Waals surface area contributed by atoms with Gasteiger partial charge in [-0.25, -0.2) is 0 Å². The van der Waals surface area contributed by atoms with E-state index in [1.54, 1.807) is 0 Å². The van der Waals surface area contributed by atoms with E-state index in [1.165, 1.54) is 36.8 Å². The Balaban J connectivity index is 2.42. The first-order valence-corrected chi connectivity index (χ1v) is 6.54. The largest absolute Gasteiger partial charge is 0.179 e. The molecular weight excluding hydrogens is 200 g/mol. The molecule has 84 valence electrons. The third-order valence-corrected chi connectivity index (χ3v) is 2.86. The molecule has 0 heterocycles. The number of hydrogen-bond acceptors (Lipinski definition) is 1. The molecule has 0 unspecified atom stereocenters. The first-order valence-electron chi connectivity index (χ1n) is 5.91. The van der Waals surface area contributed by atoms with E-state index in [1.807, 2.05) is 0 Å². The Morgan fingerprint density at radius 1 is 1.00 bits per heavy atom. The molecule has 0 aliphatic carbocycles. The molecule has 0 N–H and O–H groups in total. The van der Waals surface area contributed by atoms with Crippen LogP contribution in [0, 0.1) is 5.92 Å². The van der Waals surface area contributed by atoms with Gasteiger partial charge in [0.1, 0.15) is 0 Å². The maximum Gasteiger partial charge on any atom is -0.00978 e. The second-order valence-corrected chi connectivity index (χ2v) is 5.04. The van der Waals surface area contributed by atoms with Crippen molar-refractivity contribution in [3.63, 3.8) is 0 Å². The van der Waals surface area contributed by atoms with Gasteiger partial charge in [0, 0.05) is 0 Å². The van der Waals surface area contributed by atoms with Crippen molar-refractivity contribution in [2.24, 2.45) is 5.92 Å². The Bertz CT molecular complexity index is 261. The third kappa shape index (κ3) is 5.27. The van der Waals surface area contributed by atoms with E-state index in [0.29, 0.717) is 0 Å². The van der Waals surface area contributed by atoms with Gasteiger partial charge >= 0.3 is 0 Å². The van der Waals surface area contributed by atoms with Crippen molar-refractivity contribution >= 4 is 12.6 Å². The topological polar surface area (TPSA) is 0 Å². The average Bonchev–Trinajstić information content (AvgIpc) is 2.20. The van der Waals surface area contributed by atoms with Crippen LogP contribution in [0.1, 0.15) is 37.8 Å². The molecule has 1 aromatic carbocycles. The number of benzene rings is 1. The van der Waals surface area contributed by atoms with E-state index in [-0.39, 0.29) is 0 Å². The quantitative estimate of drug-likeness (QED) is 0.543. The summed E-state index contributed by atoms with van der Waals surface area (Å²) in [6.07, 6.45) is 4.86. The van der Waals surface area contributed by atoms with Gasteiger partial charge in [-0.05, 0) is 48.5 Å². The van der Waals surface area contributed by atoms with Crippen molar-refractivity contribution in [2.75, 3.05) is 5.75 Å². The fraction of sp³-hybridized carbons (Fsp3) is 0.571. The molecule has 15 heavy (non-hydrogen) atoms. The lowest BCUT2D eigenvalue weighted by atomic mass is 10.0. The van der Waals surface area contributed by atoms with Gasteiger partial charge in [-0.15, -0.1) is 0 Å². The summed E-state index contributed by atoms with van der Waals surface area (Å²) in [6.45, 7) is 4.53. The van der Waals surface area contributed by atoms with Crippen molar-refractivity contribution in [3.05, 3.63) is 35.4 Å². The zero-order valence-corrected chi connectivity index (χ0v) is 10.8. The highest BCUT2D eigenvalue weighted by Crippen LogP contribution is 2.11. The molecule has 0 amide bonds. The lowest BCUT2D eigenvalue weighted by Crippen LogP contribution is -1.94. The summed E-state index contributed by atoms with van der Waals surface area (Å²) >= 11 is 4.22. The van der Waals surface area contributed by atoms with E-state index in [9.17, 15) is 0 Å².